The molecule has 1 amide bonds. The average molecular weight is 776 g/mol. The van der Waals surface area contributed by atoms with Crippen LogP contribution in [0.3, 0.4) is 0 Å². The zero-order chi connectivity index (χ0) is 38.7. The third kappa shape index (κ3) is 13.7. The highest BCUT2D eigenvalue weighted by Crippen LogP contribution is 2.42. The van der Waals surface area contributed by atoms with Crippen LogP contribution in [0.5, 0.6) is 5.75 Å². The third-order valence-corrected chi connectivity index (χ3v) is 12.4. The number of hydrogen-bond acceptors (Lipinski definition) is 8. The molecule has 9 heteroatoms. The Morgan fingerprint density at radius 2 is 1.38 bits per heavy atom. The van der Waals surface area contributed by atoms with Crippen molar-refractivity contribution in [3.05, 3.63) is 53.4 Å². The van der Waals surface area contributed by atoms with Crippen LogP contribution in [-0.4, -0.2) is 69.6 Å². The molecular formula is C46H69N3O5S. The number of fused-ring (bicyclic) bond motifs is 2. The summed E-state index contributed by atoms with van der Waals surface area (Å²) in [6.07, 6.45) is 21.0. The molecule has 0 aliphatic carbocycles. The molecule has 1 fully saturated rings. The van der Waals surface area contributed by atoms with Gasteiger partial charge in [0.25, 0.3) is 0 Å². The SMILES string of the molecule is CCCCCCCCCCCCCCCCCOC(=O)OCN1C(=O)CC(C)(C)c2ccc(OCCCCN3CCN(c4cccc5sccc45)CC3)cc21. The van der Waals surface area contributed by atoms with E-state index in [1.165, 1.54) is 99.2 Å². The Labute approximate surface area is 335 Å². The first-order chi connectivity index (χ1) is 26.9. The van der Waals surface area contributed by atoms with Gasteiger partial charge in [-0.15, -0.1) is 11.3 Å². The summed E-state index contributed by atoms with van der Waals surface area (Å²) in [5.41, 5.74) is 2.82. The fourth-order valence-electron chi connectivity index (χ4n) is 8.12. The summed E-state index contributed by atoms with van der Waals surface area (Å²) in [6, 6.07) is 14.8. The second-order valence-corrected chi connectivity index (χ2v) is 17.3. The first-order valence-electron chi connectivity index (χ1n) is 21.7. The summed E-state index contributed by atoms with van der Waals surface area (Å²) in [7, 11) is 0. The monoisotopic (exact) mass is 775 g/mol. The molecule has 55 heavy (non-hydrogen) atoms. The lowest BCUT2D eigenvalue weighted by Gasteiger charge is -2.38. The smallest absolute Gasteiger partial charge is 0.494 e. The van der Waals surface area contributed by atoms with Crippen LogP contribution < -0.4 is 14.5 Å². The van der Waals surface area contributed by atoms with Gasteiger partial charge in [-0.1, -0.05) is 123 Å². The van der Waals surface area contributed by atoms with E-state index in [0.717, 1.165) is 75.4 Å². The van der Waals surface area contributed by atoms with Gasteiger partial charge >= 0.3 is 6.16 Å². The third-order valence-electron chi connectivity index (χ3n) is 11.5. The van der Waals surface area contributed by atoms with Crippen molar-refractivity contribution in [2.45, 2.75) is 142 Å². The number of unbranched alkanes of at least 4 members (excludes halogenated alkanes) is 15. The molecule has 2 aromatic carbocycles. The van der Waals surface area contributed by atoms with Gasteiger partial charge in [-0.2, -0.15) is 0 Å². The molecule has 0 atom stereocenters. The predicted octanol–water partition coefficient (Wildman–Crippen LogP) is 11.9. The Bertz CT molecular complexity index is 1580. The molecule has 2 aliphatic heterocycles. The van der Waals surface area contributed by atoms with Crippen molar-refractivity contribution in [1.82, 2.24) is 4.90 Å². The Balaban J connectivity index is 0.935. The Kier molecular flexibility index (Phi) is 18.0. The lowest BCUT2D eigenvalue weighted by molar-refractivity contribution is -0.121. The molecular weight excluding hydrogens is 707 g/mol. The summed E-state index contributed by atoms with van der Waals surface area (Å²) in [5.74, 6) is 0.651. The quantitative estimate of drug-likeness (QED) is 0.0627. The second kappa shape index (κ2) is 23.1. The Morgan fingerprint density at radius 1 is 0.727 bits per heavy atom. The molecule has 0 N–H and O–H groups in total. The number of amides is 1. The van der Waals surface area contributed by atoms with Crippen molar-refractivity contribution in [3.63, 3.8) is 0 Å². The molecule has 3 heterocycles. The van der Waals surface area contributed by atoms with Gasteiger partial charge < -0.3 is 19.1 Å². The molecule has 304 valence electrons. The van der Waals surface area contributed by atoms with Crippen molar-refractivity contribution in [3.8, 4) is 5.75 Å². The highest BCUT2D eigenvalue weighted by Gasteiger charge is 2.37. The van der Waals surface area contributed by atoms with Crippen LogP contribution in [0.25, 0.3) is 10.1 Å². The number of piperazine rings is 1. The van der Waals surface area contributed by atoms with Gasteiger partial charge in [0.1, 0.15) is 5.75 Å². The van der Waals surface area contributed by atoms with Gasteiger partial charge in [0, 0.05) is 59.9 Å². The van der Waals surface area contributed by atoms with Gasteiger partial charge in [0.15, 0.2) is 6.73 Å². The molecule has 0 bridgehead atoms. The molecule has 8 nitrogen and oxygen atoms in total. The summed E-state index contributed by atoms with van der Waals surface area (Å²) in [4.78, 5) is 32.4. The fraction of sp³-hybridized carbons (Fsp3) is 0.652. The normalized spacial score (nSPS) is 15.7. The largest absolute Gasteiger partial charge is 0.510 e. The van der Waals surface area contributed by atoms with Crippen LogP contribution in [0.2, 0.25) is 0 Å². The van der Waals surface area contributed by atoms with E-state index in [2.05, 4.69) is 66.3 Å². The zero-order valence-electron chi connectivity index (χ0n) is 34.3. The van der Waals surface area contributed by atoms with Crippen molar-refractivity contribution in [2.24, 2.45) is 0 Å². The van der Waals surface area contributed by atoms with Crippen LogP contribution in [-0.2, 0) is 19.7 Å². The minimum atomic E-state index is -0.724. The lowest BCUT2D eigenvalue weighted by Crippen LogP contribution is -2.46. The van der Waals surface area contributed by atoms with Crippen LogP contribution in [0.4, 0.5) is 16.2 Å². The maximum absolute atomic E-state index is 13.3. The van der Waals surface area contributed by atoms with E-state index in [1.807, 2.05) is 23.5 Å². The number of thiophene rings is 1. The topological polar surface area (TPSA) is 71.5 Å². The summed E-state index contributed by atoms with van der Waals surface area (Å²) < 4.78 is 18.4. The molecule has 0 saturated carbocycles. The van der Waals surface area contributed by atoms with E-state index in [1.54, 1.807) is 4.90 Å². The molecule has 1 aromatic heterocycles. The Hall–Kier alpha value is -3.30. The lowest BCUT2D eigenvalue weighted by atomic mass is 9.77. The number of nitrogens with zero attached hydrogens (tertiary/aromatic N) is 3. The second-order valence-electron chi connectivity index (χ2n) is 16.4. The van der Waals surface area contributed by atoms with Crippen molar-refractivity contribution in [1.29, 1.82) is 0 Å². The summed E-state index contributed by atoms with van der Waals surface area (Å²) >= 11 is 1.81. The predicted molar refractivity (Wildman–Crippen MR) is 229 cm³/mol. The van der Waals surface area contributed by atoms with Gasteiger partial charge in [-0.05, 0) is 61.0 Å². The minimum Gasteiger partial charge on any atom is -0.494 e. The van der Waals surface area contributed by atoms with Crippen LogP contribution in [0.15, 0.2) is 47.8 Å². The summed E-state index contributed by atoms with van der Waals surface area (Å²) in [6.45, 7) is 12.5. The molecule has 2 aliphatic rings. The van der Waals surface area contributed by atoms with E-state index in [9.17, 15) is 9.59 Å². The van der Waals surface area contributed by atoms with Crippen molar-refractivity contribution in [2.75, 3.05) is 62.5 Å². The summed E-state index contributed by atoms with van der Waals surface area (Å²) in [5, 5.41) is 3.55. The zero-order valence-corrected chi connectivity index (χ0v) is 35.1. The number of benzene rings is 2. The van der Waals surface area contributed by atoms with E-state index in [4.69, 9.17) is 14.2 Å². The number of anilines is 2. The van der Waals surface area contributed by atoms with E-state index in [-0.39, 0.29) is 18.1 Å². The molecule has 0 unspecified atom stereocenters. The highest BCUT2D eigenvalue weighted by molar-refractivity contribution is 7.17. The van der Waals surface area contributed by atoms with Gasteiger partial charge in [-0.25, -0.2) is 4.79 Å². The number of carbonyl (C=O) groups excluding carboxylic acids is 2. The van der Waals surface area contributed by atoms with Gasteiger partial charge in [0.05, 0.1) is 18.9 Å². The molecule has 1 saturated heterocycles. The molecule has 3 aromatic rings. The van der Waals surface area contributed by atoms with Crippen LogP contribution in [0.1, 0.15) is 142 Å². The highest BCUT2D eigenvalue weighted by atomic mass is 32.1. The minimum absolute atomic E-state index is 0.0723. The maximum atomic E-state index is 13.3. The van der Waals surface area contributed by atoms with Crippen molar-refractivity contribution < 1.29 is 23.8 Å². The number of rotatable bonds is 25. The Morgan fingerprint density at radius 3 is 2.07 bits per heavy atom. The number of hydrogen-bond donors (Lipinski definition) is 0. The average Bonchev–Trinajstić information content (AvgIpc) is 3.67. The molecule has 0 radical (unpaired) electrons. The number of carbonyl (C=O) groups is 2. The van der Waals surface area contributed by atoms with E-state index < -0.39 is 6.16 Å². The van der Waals surface area contributed by atoms with E-state index >= 15 is 0 Å². The first kappa shape index (κ1) is 42.8. The molecule has 0 spiro atoms. The standard InChI is InChI=1S/C46H69N3O5S/c1-4-5-6-7-8-9-10-11-12-13-14-15-16-17-19-33-53-45(51)54-37-49-42-35-38(24-25-40(42)46(2,3)36-44(49)50)52-32-20-18-27-47-28-30-48(31-29-47)41-22-21-23-43-39(41)26-34-55-43/h21-26,34-35H,4-20,27-33,36-37H2,1-3H3. The van der Waals surface area contributed by atoms with Gasteiger partial charge in [0.2, 0.25) is 5.91 Å². The number of ether oxygens (including phenoxy) is 3. The van der Waals surface area contributed by atoms with Gasteiger partial charge in [-0.3, -0.25) is 14.6 Å². The van der Waals surface area contributed by atoms with E-state index in [0.29, 0.717) is 19.6 Å². The van der Waals surface area contributed by atoms with Crippen molar-refractivity contribution >= 4 is 44.9 Å². The van der Waals surface area contributed by atoms with Crippen LogP contribution in [0, 0.1) is 0 Å². The molecule has 5 rings (SSSR count). The maximum Gasteiger partial charge on any atom is 0.510 e. The fourth-order valence-corrected chi connectivity index (χ4v) is 8.93. The van der Waals surface area contributed by atoms with Crippen LogP contribution >= 0.6 is 11.3 Å². The first-order valence-corrected chi connectivity index (χ1v) is 22.5.